The molecule has 2 rings (SSSR count). The molecule has 0 aliphatic rings. The summed E-state index contributed by atoms with van der Waals surface area (Å²) in [5.41, 5.74) is 2.49. The van der Waals surface area contributed by atoms with Crippen LogP contribution in [-0.4, -0.2) is 60.0 Å². The van der Waals surface area contributed by atoms with E-state index in [-0.39, 0.29) is 46.8 Å². The molecule has 10 nitrogen and oxygen atoms in total. The Labute approximate surface area is 211 Å². The van der Waals surface area contributed by atoms with E-state index in [1.807, 2.05) is 24.3 Å². The summed E-state index contributed by atoms with van der Waals surface area (Å²) in [4.78, 5) is 36.8. The SMILES string of the molecule is CNC(=O)CCCc1ccccc1NC(=O)[C@@H](C)NC(=O)[C@H](Cc1ccc(O)cc1)NC.Cl.O.O. The monoisotopic (exact) mass is 512 g/mol. The molecule has 0 heterocycles. The van der Waals surface area contributed by atoms with E-state index in [4.69, 9.17) is 0 Å². The van der Waals surface area contributed by atoms with Crippen molar-refractivity contribution in [3.8, 4) is 5.75 Å². The molecule has 0 radical (unpaired) electrons. The molecular weight excluding hydrogens is 476 g/mol. The summed E-state index contributed by atoms with van der Waals surface area (Å²) in [6.07, 6.45) is 2.15. The van der Waals surface area contributed by atoms with Gasteiger partial charge in [-0.15, -0.1) is 12.4 Å². The number of para-hydroxylation sites is 1. The van der Waals surface area contributed by atoms with Gasteiger partial charge >= 0.3 is 0 Å². The number of hydrogen-bond donors (Lipinski definition) is 5. The zero-order valence-electron chi connectivity index (χ0n) is 20.2. The van der Waals surface area contributed by atoms with E-state index in [0.29, 0.717) is 31.4 Å². The molecule has 0 saturated carbocycles. The number of anilines is 1. The minimum absolute atomic E-state index is 0. The third-order valence-electron chi connectivity index (χ3n) is 5.20. The third kappa shape index (κ3) is 11.2. The number of phenolic OH excluding ortho intramolecular Hbond substituents is 1. The van der Waals surface area contributed by atoms with Gasteiger partial charge in [0.05, 0.1) is 6.04 Å². The summed E-state index contributed by atoms with van der Waals surface area (Å²) in [7, 11) is 3.29. The van der Waals surface area contributed by atoms with Crippen molar-refractivity contribution >= 4 is 35.8 Å². The molecule has 35 heavy (non-hydrogen) atoms. The molecule has 0 aliphatic heterocycles. The minimum Gasteiger partial charge on any atom is -0.508 e. The highest BCUT2D eigenvalue weighted by Crippen LogP contribution is 2.18. The smallest absolute Gasteiger partial charge is 0.246 e. The highest BCUT2D eigenvalue weighted by Gasteiger charge is 2.22. The fourth-order valence-electron chi connectivity index (χ4n) is 3.24. The Morgan fingerprint density at radius 2 is 1.57 bits per heavy atom. The predicted molar refractivity (Wildman–Crippen MR) is 139 cm³/mol. The number of benzene rings is 2. The average Bonchev–Trinajstić information content (AvgIpc) is 2.79. The quantitative estimate of drug-likeness (QED) is 0.293. The van der Waals surface area contributed by atoms with Crippen molar-refractivity contribution in [3.05, 3.63) is 59.7 Å². The Bertz CT molecular complexity index is 926. The molecular formula is C24H37ClN4O6. The van der Waals surface area contributed by atoms with Crippen LogP contribution in [0.1, 0.15) is 30.9 Å². The van der Waals surface area contributed by atoms with Gasteiger partial charge in [-0.2, -0.15) is 0 Å². The van der Waals surface area contributed by atoms with Gasteiger partial charge < -0.3 is 37.3 Å². The van der Waals surface area contributed by atoms with Gasteiger partial charge in [-0.25, -0.2) is 0 Å². The summed E-state index contributed by atoms with van der Waals surface area (Å²) in [6.45, 7) is 1.63. The second-order valence-corrected chi connectivity index (χ2v) is 7.62. The number of hydrogen-bond acceptors (Lipinski definition) is 5. The fourth-order valence-corrected chi connectivity index (χ4v) is 3.24. The molecule has 0 bridgehead atoms. The number of aromatic hydroxyl groups is 1. The van der Waals surface area contributed by atoms with Gasteiger partial charge in [0.25, 0.3) is 0 Å². The summed E-state index contributed by atoms with van der Waals surface area (Å²) in [6, 6.07) is 12.8. The Kier molecular flexibility index (Phi) is 16.8. The fraction of sp³-hybridized carbons (Fsp3) is 0.375. The molecule has 0 fully saturated rings. The topological polar surface area (TPSA) is 183 Å². The van der Waals surface area contributed by atoms with E-state index in [2.05, 4.69) is 21.3 Å². The zero-order valence-corrected chi connectivity index (χ0v) is 21.0. The maximum absolute atomic E-state index is 12.7. The lowest BCUT2D eigenvalue weighted by molar-refractivity contribution is -0.127. The van der Waals surface area contributed by atoms with Crippen LogP contribution in [0.15, 0.2) is 48.5 Å². The number of aryl methyl sites for hydroxylation is 1. The van der Waals surface area contributed by atoms with Crippen molar-refractivity contribution in [2.24, 2.45) is 0 Å². The summed E-state index contributed by atoms with van der Waals surface area (Å²) in [5.74, 6) is -0.466. The molecule has 3 amide bonds. The molecule has 2 aromatic rings. The average molecular weight is 513 g/mol. The van der Waals surface area contributed by atoms with Crippen LogP contribution in [-0.2, 0) is 27.2 Å². The standard InChI is InChI=1S/C24H32N4O4.ClH.2H2O/c1-16(27-24(32)21(25-2)15-17-11-13-19(29)14-12-17)23(31)28-20-9-5-4-7-18(20)8-6-10-22(30)26-3;;;/h4-5,7,9,11-14,16,21,25,29H,6,8,10,15H2,1-3H3,(H,26,30)(H,27,32)(H,28,31);1H;2*1H2/t16-,21+;;;/m1.../s1. The Morgan fingerprint density at radius 1 is 0.943 bits per heavy atom. The number of halogens is 1. The Morgan fingerprint density at radius 3 is 2.17 bits per heavy atom. The van der Waals surface area contributed by atoms with Gasteiger partial charge in [-0.1, -0.05) is 30.3 Å². The first-order valence-electron chi connectivity index (χ1n) is 10.7. The van der Waals surface area contributed by atoms with Crippen LogP contribution in [0.2, 0.25) is 0 Å². The van der Waals surface area contributed by atoms with Gasteiger partial charge in [-0.3, -0.25) is 14.4 Å². The van der Waals surface area contributed by atoms with Crippen LogP contribution in [0.25, 0.3) is 0 Å². The van der Waals surface area contributed by atoms with Crippen molar-refractivity contribution in [2.75, 3.05) is 19.4 Å². The molecule has 11 heteroatoms. The molecule has 196 valence electrons. The maximum Gasteiger partial charge on any atom is 0.246 e. The van der Waals surface area contributed by atoms with E-state index in [1.54, 1.807) is 45.3 Å². The number of likely N-dealkylation sites (N-methyl/N-ethyl adjacent to an activating group) is 1. The molecule has 9 N–H and O–H groups in total. The lowest BCUT2D eigenvalue weighted by Crippen LogP contribution is -2.50. The van der Waals surface area contributed by atoms with Crippen LogP contribution < -0.4 is 21.3 Å². The molecule has 2 atom stereocenters. The van der Waals surface area contributed by atoms with E-state index in [9.17, 15) is 19.5 Å². The van der Waals surface area contributed by atoms with Crippen LogP contribution in [0.4, 0.5) is 5.69 Å². The first-order chi connectivity index (χ1) is 15.3. The highest BCUT2D eigenvalue weighted by atomic mass is 35.5. The predicted octanol–water partition coefficient (Wildman–Crippen LogP) is 0.507. The lowest BCUT2D eigenvalue weighted by atomic mass is 10.0. The van der Waals surface area contributed by atoms with E-state index >= 15 is 0 Å². The number of carbonyl (C=O) groups excluding carboxylic acids is 3. The first kappa shape index (κ1) is 34.0. The van der Waals surface area contributed by atoms with Gasteiger partial charge in [0, 0.05) is 19.2 Å². The van der Waals surface area contributed by atoms with Crippen molar-refractivity contribution in [3.63, 3.8) is 0 Å². The summed E-state index contributed by atoms with van der Waals surface area (Å²) < 4.78 is 0. The molecule has 0 aromatic heterocycles. The summed E-state index contributed by atoms with van der Waals surface area (Å²) >= 11 is 0. The van der Waals surface area contributed by atoms with Gasteiger partial charge in [0.2, 0.25) is 17.7 Å². The third-order valence-corrected chi connectivity index (χ3v) is 5.20. The van der Waals surface area contributed by atoms with Crippen LogP contribution in [0.5, 0.6) is 5.75 Å². The van der Waals surface area contributed by atoms with Crippen molar-refractivity contribution in [1.82, 2.24) is 16.0 Å². The molecule has 0 saturated heterocycles. The Balaban J connectivity index is 0. The second kappa shape index (κ2) is 17.3. The van der Waals surface area contributed by atoms with Gasteiger partial charge in [-0.05, 0) is 62.6 Å². The number of phenols is 1. The number of nitrogens with one attached hydrogen (secondary N) is 4. The molecule has 0 unspecified atom stereocenters. The van der Waals surface area contributed by atoms with E-state index in [1.165, 1.54) is 0 Å². The Hall–Kier alpha value is -3.18. The first-order valence-corrected chi connectivity index (χ1v) is 10.7. The van der Waals surface area contributed by atoms with Crippen molar-refractivity contribution < 1.29 is 30.4 Å². The largest absolute Gasteiger partial charge is 0.508 e. The number of amides is 3. The van der Waals surface area contributed by atoms with Crippen molar-refractivity contribution in [1.29, 1.82) is 0 Å². The lowest BCUT2D eigenvalue weighted by Gasteiger charge is -2.20. The van der Waals surface area contributed by atoms with Crippen LogP contribution in [0.3, 0.4) is 0 Å². The van der Waals surface area contributed by atoms with Crippen molar-refractivity contribution in [2.45, 2.75) is 44.7 Å². The molecule has 0 spiro atoms. The number of rotatable bonds is 11. The summed E-state index contributed by atoms with van der Waals surface area (Å²) in [5, 5.41) is 20.6. The number of carbonyl (C=O) groups is 3. The van der Waals surface area contributed by atoms with E-state index in [0.717, 1.165) is 11.1 Å². The molecule has 2 aromatic carbocycles. The second-order valence-electron chi connectivity index (χ2n) is 7.62. The van der Waals surface area contributed by atoms with Gasteiger partial charge in [0.15, 0.2) is 0 Å². The maximum atomic E-state index is 12.7. The highest BCUT2D eigenvalue weighted by molar-refractivity contribution is 5.98. The van der Waals surface area contributed by atoms with Gasteiger partial charge in [0.1, 0.15) is 11.8 Å². The van der Waals surface area contributed by atoms with Crippen LogP contribution in [0, 0.1) is 0 Å². The minimum atomic E-state index is -0.739. The van der Waals surface area contributed by atoms with E-state index < -0.39 is 12.1 Å². The molecule has 0 aliphatic carbocycles. The normalized spacial score (nSPS) is 11.4. The zero-order chi connectivity index (χ0) is 23.5. The van der Waals surface area contributed by atoms with Crippen LogP contribution >= 0.6 is 12.4 Å².